The Morgan fingerprint density at radius 1 is 1.32 bits per heavy atom. The quantitative estimate of drug-likeness (QED) is 0.625. The van der Waals surface area contributed by atoms with Gasteiger partial charge in [-0.15, -0.1) is 0 Å². The molecule has 0 bridgehead atoms. The van der Waals surface area contributed by atoms with Crippen molar-refractivity contribution in [2.75, 3.05) is 20.3 Å². The van der Waals surface area contributed by atoms with Crippen molar-refractivity contribution in [3.8, 4) is 5.75 Å². The Hall–Kier alpha value is -2.14. The summed E-state index contributed by atoms with van der Waals surface area (Å²) in [5.41, 5.74) is 1.31. The summed E-state index contributed by atoms with van der Waals surface area (Å²) >= 11 is 0. The van der Waals surface area contributed by atoms with Gasteiger partial charge in [0.15, 0.2) is 5.78 Å². The number of nitrogens with zero attached hydrogens (tertiary/aromatic N) is 1. The van der Waals surface area contributed by atoms with Gasteiger partial charge in [-0.2, -0.15) is 0 Å². The first-order valence-electron chi connectivity index (χ1n) is 7.35. The van der Waals surface area contributed by atoms with Crippen LogP contribution in [0.1, 0.15) is 30.7 Å². The van der Waals surface area contributed by atoms with Crippen molar-refractivity contribution in [1.29, 1.82) is 0 Å². The fourth-order valence-corrected chi connectivity index (χ4v) is 2.49. The number of hydrogen-bond acceptors (Lipinski definition) is 5. The molecular weight excluding hydrogens is 282 g/mol. The highest BCUT2D eigenvalue weighted by atomic mass is 16.5. The number of benzene rings is 1. The third-order valence-corrected chi connectivity index (χ3v) is 3.74. The highest BCUT2D eigenvalue weighted by Crippen LogP contribution is 2.33. The average molecular weight is 303 g/mol. The molecule has 5 heteroatoms. The largest absolute Gasteiger partial charge is 0.511 e. The second kappa shape index (κ2) is 7.75. The molecule has 0 amide bonds. The molecule has 0 heterocycles. The van der Waals surface area contributed by atoms with Crippen molar-refractivity contribution in [1.82, 2.24) is 0 Å². The van der Waals surface area contributed by atoms with Gasteiger partial charge in [-0.1, -0.05) is 12.1 Å². The summed E-state index contributed by atoms with van der Waals surface area (Å²) in [5, 5.41) is 18.8. The fourth-order valence-electron chi connectivity index (χ4n) is 2.49. The molecule has 2 rings (SSSR count). The van der Waals surface area contributed by atoms with Gasteiger partial charge in [0.05, 0.1) is 12.7 Å². The van der Waals surface area contributed by atoms with Crippen LogP contribution in [0.2, 0.25) is 0 Å². The first kappa shape index (κ1) is 16.2. The molecule has 1 aromatic rings. The monoisotopic (exact) mass is 303 g/mol. The summed E-state index contributed by atoms with van der Waals surface area (Å²) in [6.45, 7) is 0.512. The number of aliphatic hydroxyl groups excluding tert-OH is 2. The van der Waals surface area contributed by atoms with Crippen LogP contribution in [0.3, 0.4) is 0 Å². The summed E-state index contributed by atoms with van der Waals surface area (Å²) in [6.07, 6.45) is 2.77. The van der Waals surface area contributed by atoms with Crippen LogP contribution in [-0.2, 0) is 4.79 Å². The Morgan fingerprint density at radius 2 is 2.05 bits per heavy atom. The minimum Gasteiger partial charge on any atom is -0.511 e. The first-order valence-corrected chi connectivity index (χ1v) is 7.35. The van der Waals surface area contributed by atoms with Crippen molar-refractivity contribution in [3.05, 3.63) is 41.2 Å². The number of carbonyl (C=O) groups is 1. The normalized spacial score (nSPS) is 19.0. The Balaban J connectivity index is 2.09. The number of Topliss-reactive ketones (excluding diaryl/α,β-unsaturated/α-hetero) is 1. The molecule has 118 valence electrons. The van der Waals surface area contributed by atoms with Gasteiger partial charge >= 0.3 is 0 Å². The van der Waals surface area contributed by atoms with Crippen LogP contribution in [0.25, 0.3) is 0 Å². The second-order valence-corrected chi connectivity index (χ2v) is 5.27. The van der Waals surface area contributed by atoms with E-state index >= 15 is 0 Å². The van der Waals surface area contributed by atoms with Crippen molar-refractivity contribution in [3.63, 3.8) is 0 Å². The number of rotatable bonds is 6. The summed E-state index contributed by atoms with van der Waals surface area (Å²) in [5.74, 6) is 0.734. The molecule has 1 atom stereocenters. The van der Waals surface area contributed by atoms with Crippen molar-refractivity contribution < 1.29 is 19.7 Å². The zero-order valence-corrected chi connectivity index (χ0v) is 12.7. The van der Waals surface area contributed by atoms with Crippen LogP contribution in [-0.4, -0.2) is 42.5 Å². The Morgan fingerprint density at radius 3 is 2.64 bits per heavy atom. The molecule has 0 aliphatic heterocycles. The molecule has 2 N–H and O–H groups in total. The SMILES string of the molecule is COc1ccc(C2CC(=O)C(C=NCCCO)=C(O)C2)cc1. The fraction of sp³-hybridized carbons (Fsp3) is 0.412. The molecule has 1 aliphatic carbocycles. The van der Waals surface area contributed by atoms with Gasteiger partial charge in [0.25, 0.3) is 0 Å². The zero-order chi connectivity index (χ0) is 15.9. The molecule has 1 unspecified atom stereocenters. The van der Waals surface area contributed by atoms with Gasteiger partial charge in [-0.05, 0) is 30.0 Å². The minimum atomic E-state index is -0.0997. The maximum absolute atomic E-state index is 12.2. The van der Waals surface area contributed by atoms with Gasteiger partial charge in [0.2, 0.25) is 0 Å². The molecule has 0 spiro atoms. The molecule has 0 saturated carbocycles. The van der Waals surface area contributed by atoms with Crippen molar-refractivity contribution >= 4 is 12.0 Å². The predicted octanol–water partition coefficient (Wildman–Crippen LogP) is 2.41. The van der Waals surface area contributed by atoms with E-state index in [9.17, 15) is 9.90 Å². The van der Waals surface area contributed by atoms with Crippen LogP contribution in [0.5, 0.6) is 5.75 Å². The van der Waals surface area contributed by atoms with E-state index < -0.39 is 0 Å². The number of hydrogen-bond donors (Lipinski definition) is 2. The Bertz CT molecular complexity index is 575. The third-order valence-electron chi connectivity index (χ3n) is 3.74. The van der Waals surface area contributed by atoms with E-state index in [2.05, 4.69) is 4.99 Å². The maximum Gasteiger partial charge on any atom is 0.168 e. The lowest BCUT2D eigenvalue weighted by Gasteiger charge is -2.22. The van der Waals surface area contributed by atoms with Gasteiger partial charge in [-0.25, -0.2) is 0 Å². The number of allylic oxidation sites excluding steroid dienone is 2. The van der Waals surface area contributed by atoms with E-state index in [0.29, 0.717) is 31.4 Å². The van der Waals surface area contributed by atoms with Crippen molar-refractivity contribution in [2.24, 2.45) is 4.99 Å². The molecule has 0 radical (unpaired) electrons. The number of aliphatic imine (C=N–C) groups is 1. The first-order chi connectivity index (χ1) is 10.7. The zero-order valence-electron chi connectivity index (χ0n) is 12.7. The highest BCUT2D eigenvalue weighted by molar-refractivity contribution is 6.14. The Kier molecular flexibility index (Phi) is 5.72. The van der Waals surface area contributed by atoms with E-state index in [1.165, 1.54) is 6.21 Å². The maximum atomic E-state index is 12.2. The average Bonchev–Trinajstić information content (AvgIpc) is 2.53. The molecule has 22 heavy (non-hydrogen) atoms. The van der Waals surface area contributed by atoms with Crippen LogP contribution in [0, 0.1) is 0 Å². The highest BCUT2D eigenvalue weighted by Gasteiger charge is 2.27. The molecule has 1 aromatic carbocycles. The number of ketones is 1. The molecular formula is C17H21NO4. The smallest absolute Gasteiger partial charge is 0.168 e. The minimum absolute atomic E-state index is 0.0204. The van der Waals surface area contributed by atoms with E-state index in [1.807, 2.05) is 24.3 Å². The molecule has 0 aromatic heterocycles. The number of methoxy groups -OCH3 is 1. The molecule has 1 aliphatic rings. The number of carbonyl (C=O) groups excluding carboxylic acids is 1. The van der Waals surface area contributed by atoms with Gasteiger partial charge in [0.1, 0.15) is 11.5 Å². The van der Waals surface area contributed by atoms with E-state index in [-0.39, 0.29) is 24.1 Å². The molecule has 5 nitrogen and oxygen atoms in total. The lowest BCUT2D eigenvalue weighted by Crippen LogP contribution is -2.19. The van der Waals surface area contributed by atoms with Crippen LogP contribution >= 0.6 is 0 Å². The van der Waals surface area contributed by atoms with Gasteiger partial charge in [0, 0.05) is 32.2 Å². The Labute approximate surface area is 130 Å². The lowest BCUT2D eigenvalue weighted by atomic mass is 9.83. The van der Waals surface area contributed by atoms with E-state index in [0.717, 1.165) is 11.3 Å². The summed E-state index contributed by atoms with van der Waals surface area (Å²) in [4.78, 5) is 16.3. The van der Waals surface area contributed by atoms with Crippen LogP contribution in [0.15, 0.2) is 40.6 Å². The second-order valence-electron chi connectivity index (χ2n) is 5.27. The van der Waals surface area contributed by atoms with E-state index in [1.54, 1.807) is 7.11 Å². The van der Waals surface area contributed by atoms with Gasteiger partial charge in [-0.3, -0.25) is 9.79 Å². The van der Waals surface area contributed by atoms with E-state index in [4.69, 9.17) is 9.84 Å². The lowest BCUT2D eigenvalue weighted by molar-refractivity contribution is -0.116. The standard InChI is InChI=1S/C17H21NO4/c1-22-14-5-3-12(4-6-14)13-9-16(20)15(17(21)10-13)11-18-7-2-8-19/h3-6,11,13,19-20H,2,7-10H2,1H3. The third kappa shape index (κ3) is 3.95. The van der Waals surface area contributed by atoms with Crippen LogP contribution in [0.4, 0.5) is 0 Å². The molecule has 0 saturated heterocycles. The van der Waals surface area contributed by atoms with Gasteiger partial charge < -0.3 is 14.9 Å². The summed E-state index contributed by atoms with van der Waals surface area (Å²) < 4.78 is 5.12. The van der Waals surface area contributed by atoms with Crippen molar-refractivity contribution in [2.45, 2.75) is 25.2 Å². The topological polar surface area (TPSA) is 79.1 Å². The number of ether oxygens (including phenoxy) is 1. The van der Waals surface area contributed by atoms with Crippen LogP contribution < -0.4 is 4.74 Å². The molecule has 0 fully saturated rings. The predicted molar refractivity (Wildman–Crippen MR) is 84.7 cm³/mol. The number of aliphatic hydroxyl groups is 2. The summed E-state index contributed by atoms with van der Waals surface area (Å²) in [7, 11) is 1.61. The summed E-state index contributed by atoms with van der Waals surface area (Å²) in [6, 6.07) is 7.55.